The molecular weight excluding hydrogens is 277 g/mol. The van der Waals surface area contributed by atoms with Crippen molar-refractivity contribution < 1.29 is 8.78 Å². The summed E-state index contributed by atoms with van der Waals surface area (Å²) >= 11 is 11.8. The van der Waals surface area contributed by atoms with E-state index in [-0.39, 0.29) is 16.2 Å². The number of benzene rings is 2. The fourth-order valence-electron chi connectivity index (χ4n) is 1.65. The van der Waals surface area contributed by atoms with Crippen molar-refractivity contribution in [2.75, 3.05) is 0 Å². The number of hydrogen-bond donors (Lipinski definition) is 0. The normalized spacial score (nSPS) is 12.4. The van der Waals surface area contributed by atoms with Crippen molar-refractivity contribution in [2.45, 2.75) is 11.8 Å². The lowest BCUT2D eigenvalue weighted by Crippen LogP contribution is -1.97. The average Bonchev–Trinajstić information content (AvgIpc) is 2.35. The maximum Gasteiger partial charge on any atom is 0.142 e. The van der Waals surface area contributed by atoms with Gasteiger partial charge in [0.15, 0.2) is 0 Å². The molecule has 0 heterocycles. The Kier molecular flexibility index (Phi) is 4.20. The summed E-state index contributed by atoms with van der Waals surface area (Å²) in [6, 6.07) is 10.6. The Morgan fingerprint density at radius 3 is 2.28 bits per heavy atom. The lowest BCUT2D eigenvalue weighted by atomic mass is 10.0. The second kappa shape index (κ2) is 5.68. The van der Waals surface area contributed by atoms with E-state index in [9.17, 15) is 8.78 Å². The van der Waals surface area contributed by atoms with Crippen LogP contribution in [0.2, 0.25) is 5.02 Å². The molecule has 2 aromatic carbocycles. The molecule has 18 heavy (non-hydrogen) atoms. The molecule has 0 radical (unpaired) electrons. The Hall–Kier alpha value is -1.12. The molecular formula is C14H10Cl2F2. The number of hydrogen-bond acceptors (Lipinski definition) is 0. The highest BCUT2D eigenvalue weighted by Gasteiger charge is 2.11. The standard InChI is InChI=1S/C14H10Cl2F2/c15-12-6-3-10(8-14(12)18)13(16)7-9-1-4-11(17)5-2-9/h1-6,8,13H,7H2. The average molecular weight is 287 g/mol. The summed E-state index contributed by atoms with van der Waals surface area (Å²) in [4.78, 5) is 0. The molecule has 0 aromatic heterocycles. The molecule has 0 saturated heterocycles. The van der Waals surface area contributed by atoms with Crippen LogP contribution in [0.5, 0.6) is 0 Å². The third-order valence-corrected chi connectivity index (χ3v) is 3.35. The predicted octanol–water partition coefficient (Wildman–Crippen LogP) is 5.14. The molecule has 0 bridgehead atoms. The fraction of sp³-hybridized carbons (Fsp3) is 0.143. The van der Waals surface area contributed by atoms with Crippen LogP contribution in [-0.2, 0) is 6.42 Å². The van der Waals surface area contributed by atoms with Crippen LogP contribution in [0.25, 0.3) is 0 Å². The van der Waals surface area contributed by atoms with Gasteiger partial charge in [-0.25, -0.2) is 8.78 Å². The molecule has 4 heteroatoms. The summed E-state index contributed by atoms with van der Waals surface area (Å²) in [5.74, 6) is -0.777. The van der Waals surface area contributed by atoms with E-state index in [1.165, 1.54) is 24.3 Å². The molecule has 0 aliphatic carbocycles. The van der Waals surface area contributed by atoms with Crippen LogP contribution in [-0.4, -0.2) is 0 Å². The van der Waals surface area contributed by atoms with Crippen molar-refractivity contribution in [3.05, 3.63) is 70.2 Å². The van der Waals surface area contributed by atoms with E-state index in [1.807, 2.05) is 0 Å². The molecule has 0 aliphatic heterocycles. The van der Waals surface area contributed by atoms with Gasteiger partial charge in [0.05, 0.1) is 10.4 Å². The molecule has 0 spiro atoms. The minimum Gasteiger partial charge on any atom is -0.207 e. The van der Waals surface area contributed by atoms with Gasteiger partial charge < -0.3 is 0 Å². The van der Waals surface area contributed by atoms with E-state index in [0.717, 1.165) is 5.56 Å². The summed E-state index contributed by atoms with van der Waals surface area (Å²) in [5.41, 5.74) is 1.55. The summed E-state index contributed by atoms with van der Waals surface area (Å²) in [6.45, 7) is 0. The molecule has 94 valence electrons. The van der Waals surface area contributed by atoms with Gasteiger partial charge in [0, 0.05) is 0 Å². The second-order valence-electron chi connectivity index (χ2n) is 3.97. The molecule has 2 rings (SSSR count). The van der Waals surface area contributed by atoms with E-state index < -0.39 is 5.82 Å². The molecule has 0 N–H and O–H groups in total. The van der Waals surface area contributed by atoms with E-state index >= 15 is 0 Å². The first-order valence-electron chi connectivity index (χ1n) is 5.40. The second-order valence-corrected chi connectivity index (χ2v) is 4.91. The van der Waals surface area contributed by atoms with Gasteiger partial charge in [0.25, 0.3) is 0 Å². The van der Waals surface area contributed by atoms with Crippen molar-refractivity contribution in [1.82, 2.24) is 0 Å². The van der Waals surface area contributed by atoms with E-state index in [4.69, 9.17) is 23.2 Å². The van der Waals surface area contributed by atoms with E-state index in [1.54, 1.807) is 18.2 Å². The molecule has 0 fully saturated rings. The number of rotatable bonds is 3. The minimum absolute atomic E-state index is 0.0735. The lowest BCUT2D eigenvalue weighted by Gasteiger charge is -2.10. The van der Waals surface area contributed by atoms with Crippen molar-refractivity contribution in [1.29, 1.82) is 0 Å². The zero-order valence-electron chi connectivity index (χ0n) is 9.34. The summed E-state index contributed by atoms with van der Waals surface area (Å²) in [5, 5.41) is -0.299. The molecule has 0 nitrogen and oxygen atoms in total. The largest absolute Gasteiger partial charge is 0.207 e. The fourth-order valence-corrected chi connectivity index (χ4v) is 2.08. The Morgan fingerprint density at radius 2 is 1.67 bits per heavy atom. The first-order chi connectivity index (χ1) is 8.56. The maximum atomic E-state index is 13.3. The molecule has 2 aromatic rings. The van der Waals surface area contributed by atoms with Crippen molar-refractivity contribution in [2.24, 2.45) is 0 Å². The Labute approximate surface area is 114 Å². The quantitative estimate of drug-likeness (QED) is 0.685. The Bertz CT molecular complexity index is 538. The summed E-state index contributed by atoms with van der Waals surface area (Å²) in [7, 11) is 0. The van der Waals surface area contributed by atoms with Crippen LogP contribution in [0.3, 0.4) is 0 Å². The maximum absolute atomic E-state index is 13.3. The van der Waals surface area contributed by atoms with E-state index in [2.05, 4.69) is 0 Å². The highest BCUT2D eigenvalue weighted by atomic mass is 35.5. The van der Waals surface area contributed by atoms with Gasteiger partial charge in [0.2, 0.25) is 0 Å². The van der Waals surface area contributed by atoms with Gasteiger partial charge >= 0.3 is 0 Å². The number of halogens is 4. The lowest BCUT2D eigenvalue weighted by molar-refractivity contribution is 0.624. The van der Waals surface area contributed by atoms with Crippen LogP contribution in [0, 0.1) is 11.6 Å². The number of alkyl halides is 1. The molecule has 1 atom stereocenters. The van der Waals surface area contributed by atoms with Crippen LogP contribution in [0.1, 0.15) is 16.5 Å². The predicted molar refractivity (Wildman–Crippen MR) is 70.1 cm³/mol. The molecule has 0 aliphatic rings. The van der Waals surface area contributed by atoms with Gasteiger partial charge in [-0.2, -0.15) is 0 Å². The summed E-state index contributed by atoms with van der Waals surface area (Å²) in [6.07, 6.45) is 0.503. The third-order valence-electron chi connectivity index (χ3n) is 2.63. The van der Waals surface area contributed by atoms with E-state index in [0.29, 0.717) is 12.0 Å². The monoisotopic (exact) mass is 286 g/mol. The summed E-state index contributed by atoms with van der Waals surface area (Å²) < 4.78 is 26.0. The highest BCUT2D eigenvalue weighted by molar-refractivity contribution is 6.30. The SMILES string of the molecule is Fc1ccc(CC(Cl)c2ccc(Cl)c(F)c2)cc1. The molecule has 1 unspecified atom stereocenters. The first-order valence-corrected chi connectivity index (χ1v) is 6.21. The zero-order chi connectivity index (χ0) is 13.1. The topological polar surface area (TPSA) is 0 Å². The highest BCUT2D eigenvalue weighted by Crippen LogP contribution is 2.27. The molecule has 0 saturated carbocycles. The molecule has 0 amide bonds. The zero-order valence-corrected chi connectivity index (χ0v) is 10.8. The van der Waals surface area contributed by atoms with Gasteiger partial charge in [-0.15, -0.1) is 11.6 Å². The van der Waals surface area contributed by atoms with Crippen molar-refractivity contribution in [3.63, 3.8) is 0 Å². The van der Waals surface area contributed by atoms with Crippen LogP contribution < -0.4 is 0 Å². The first kappa shape index (κ1) is 13.3. The van der Waals surface area contributed by atoms with Crippen LogP contribution in [0.15, 0.2) is 42.5 Å². The van der Waals surface area contributed by atoms with Crippen molar-refractivity contribution in [3.8, 4) is 0 Å². The van der Waals surface area contributed by atoms with Gasteiger partial charge in [-0.1, -0.05) is 29.8 Å². The Balaban J connectivity index is 2.13. The van der Waals surface area contributed by atoms with Gasteiger partial charge in [-0.05, 0) is 41.8 Å². The smallest absolute Gasteiger partial charge is 0.142 e. The van der Waals surface area contributed by atoms with Crippen LogP contribution >= 0.6 is 23.2 Å². The van der Waals surface area contributed by atoms with Crippen LogP contribution in [0.4, 0.5) is 8.78 Å². The Morgan fingerprint density at radius 1 is 1.00 bits per heavy atom. The van der Waals surface area contributed by atoms with Gasteiger partial charge in [0.1, 0.15) is 11.6 Å². The van der Waals surface area contributed by atoms with Gasteiger partial charge in [-0.3, -0.25) is 0 Å². The van der Waals surface area contributed by atoms with Crippen molar-refractivity contribution >= 4 is 23.2 Å². The third kappa shape index (κ3) is 3.21. The minimum atomic E-state index is -0.487.